The number of hydrogen-bond donors (Lipinski definition) is 1. The van der Waals surface area contributed by atoms with E-state index in [0.29, 0.717) is 23.9 Å². The van der Waals surface area contributed by atoms with Gasteiger partial charge in [-0.1, -0.05) is 25.9 Å². The van der Waals surface area contributed by atoms with Crippen molar-refractivity contribution in [2.45, 2.75) is 20.8 Å². The molecule has 0 aliphatic rings. The van der Waals surface area contributed by atoms with Gasteiger partial charge in [0.1, 0.15) is 6.33 Å². The van der Waals surface area contributed by atoms with Crippen LogP contribution in [-0.2, 0) is 0 Å². The van der Waals surface area contributed by atoms with Crippen molar-refractivity contribution in [1.29, 1.82) is 0 Å². The normalized spacial score (nSPS) is 12.4. The molecule has 0 unspecified atom stereocenters. The quantitative estimate of drug-likeness (QED) is 0.404. The highest BCUT2D eigenvalue weighted by atomic mass is 16.5. The molecule has 2 aromatic heterocycles. The minimum Gasteiger partial charge on any atom is -0.477 e. The van der Waals surface area contributed by atoms with Crippen molar-refractivity contribution >= 4 is 5.84 Å². The molecule has 0 saturated heterocycles. The van der Waals surface area contributed by atoms with Gasteiger partial charge in [-0.25, -0.2) is 9.97 Å². The summed E-state index contributed by atoms with van der Waals surface area (Å²) in [5, 5.41) is 12.6. The van der Waals surface area contributed by atoms with Gasteiger partial charge in [-0.15, -0.1) is 0 Å². The number of hydrogen-bond acceptors (Lipinski definition) is 5. The van der Waals surface area contributed by atoms with Crippen LogP contribution in [0.2, 0.25) is 0 Å². The van der Waals surface area contributed by atoms with Gasteiger partial charge in [0.25, 0.3) is 0 Å². The summed E-state index contributed by atoms with van der Waals surface area (Å²) in [4.78, 5) is 8.15. The zero-order chi connectivity index (χ0) is 14.6. The van der Waals surface area contributed by atoms with Crippen LogP contribution in [0.15, 0.2) is 42.2 Å². The third kappa shape index (κ3) is 3.34. The Bertz CT molecular complexity index is 585. The maximum absolute atomic E-state index is 9.26. The van der Waals surface area contributed by atoms with Gasteiger partial charge < -0.3 is 9.94 Å². The van der Waals surface area contributed by atoms with E-state index in [1.165, 1.54) is 0 Å². The summed E-state index contributed by atoms with van der Waals surface area (Å²) >= 11 is 0. The lowest BCUT2D eigenvalue weighted by Gasteiger charge is -2.19. The standard InChI is InChI=1S/C14H18N4O2/c1-14(2,3)9-20-13-11(5-4-6-16-13)12(17-19)18-8-7-15-10-18/h4-8,10,19H,9H2,1-3H3/b17-12-. The predicted octanol–water partition coefficient (Wildman–Crippen LogP) is 2.39. The Morgan fingerprint density at radius 1 is 1.40 bits per heavy atom. The van der Waals surface area contributed by atoms with E-state index < -0.39 is 0 Å². The molecule has 1 N–H and O–H groups in total. The number of nitrogens with zero attached hydrogens (tertiary/aromatic N) is 4. The van der Waals surface area contributed by atoms with Gasteiger partial charge in [0.15, 0.2) is 5.84 Å². The highest BCUT2D eigenvalue weighted by Crippen LogP contribution is 2.20. The molecule has 20 heavy (non-hydrogen) atoms. The van der Waals surface area contributed by atoms with Crippen molar-refractivity contribution in [2.75, 3.05) is 6.61 Å². The Morgan fingerprint density at radius 3 is 2.80 bits per heavy atom. The zero-order valence-corrected chi connectivity index (χ0v) is 11.8. The molecule has 2 rings (SSSR count). The SMILES string of the molecule is CC(C)(C)COc1ncccc1/C(=N/O)n1ccnc1. The summed E-state index contributed by atoms with van der Waals surface area (Å²) < 4.78 is 7.34. The first-order valence-corrected chi connectivity index (χ1v) is 6.30. The van der Waals surface area contributed by atoms with Crippen LogP contribution in [0.5, 0.6) is 5.88 Å². The Hall–Kier alpha value is -2.37. The number of rotatable bonds is 3. The summed E-state index contributed by atoms with van der Waals surface area (Å²) in [5.74, 6) is 0.753. The average Bonchev–Trinajstić information content (AvgIpc) is 2.91. The van der Waals surface area contributed by atoms with Crippen LogP contribution in [0.25, 0.3) is 0 Å². The molecule has 0 bridgehead atoms. The van der Waals surface area contributed by atoms with Gasteiger partial charge in [0.05, 0.1) is 12.2 Å². The Morgan fingerprint density at radius 2 is 2.20 bits per heavy atom. The number of aromatic nitrogens is 3. The third-order valence-electron chi connectivity index (χ3n) is 2.50. The van der Waals surface area contributed by atoms with Crippen molar-refractivity contribution in [2.24, 2.45) is 10.6 Å². The summed E-state index contributed by atoms with van der Waals surface area (Å²) in [5.41, 5.74) is 0.623. The fourth-order valence-corrected chi connectivity index (χ4v) is 1.59. The lowest BCUT2D eigenvalue weighted by atomic mass is 9.99. The van der Waals surface area contributed by atoms with Gasteiger partial charge in [0, 0.05) is 18.6 Å². The number of ether oxygens (including phenoxy) is 1. The van der Waals surface area contributed by atoms with E-state index in [1.807, 2.05) is 0 Å². The molecule has 0 aliphatic heterocycles. The van der Waals surface area contributed by atoms with E-state index >= 15 is 0 Å². The molecule has 0 amide bonds. The van der Waals surface area contributed by atoms with Gasteiger partial charge in [-0.2, -0.15) is 0 Å². The minimum atomic E-state index is 0.0142. The molecule has 0 aromatic carbocycles. The van der Waals surface area contributed by atoms with Crippen LogP contribution in [0.3, 0.4) is 0 Å². The summed E-state index contributed by atoms with van der Waals surface area (Å²) in [7, 11) is 0. The van der Waals surface area contributed by atoms with E-state index in [9.17, 15) is 5.21 Å². The van der Waals surface area contributed by atoms with E-state index in [4.69, 9.17) is 4.74 Å². The van der Waals surface area contributed by atoms with Crippen molar-refractivity contribution < 1.29 is 9.94 Å². The second-order valence-electron chi connectivity index (χ2n) is 5.60. The van der Waals surface area contributed by atoms with Crippen molar-refractivity contribution in [3.8, 4) is 5.88 Å². The number of oxime groups is 1. The van der Waals surface area contributed by atoms with Crippen molar-refractivity contribution in [3.63, 3.8) is 0 Å². The average molecular weight is 274 g/mol. The first-order chi connectivity index (χ1) is 9.51. The van der Waals surface area contributed by atoms with Gasteiger partial charge >= 0.3 is 0 Å². The predicted molar refractivity (Wildman–Crippen MR) is 75.1 cm³/mol. The Labute approximate surface area is 117 Å². The molecule has 0 spiro atoms. The lowest BCUT2D eigenvalue weighted by molar-refractivity contribution is 0.191. The van der Waals surface area contributed by atoms with E-state index in [1.54, 1.807) is 41.6 Å². The largest absolute Gasteiger partial charge is 0.477 e. The molecule has 6 heteroatoms. The fraction of sp³-hybridized carbons (Fsp3) is 0.357. The van der Waals surface area contributed by atoms with Gasteiger partial charge in [0.2, 0.25) is 5.88 Å². The smallest absolute Gasteiger partial charge is 0.224 e. The molecular formula is C14H18N4O2. The van der Waals surface area contributed by atoms with E-state index in [0.717, 1.165) is 0 Å². The molecule has 6 nitrogen and oxygen atoms in total. The molecule has 0 atom stereocenters. The van der Waals surface area contributed by atoms with Gasteiger partial charge in [-0.3, -0.25) is 4.57 Å². The fourth-order valence-electron chi connectivity index (χ4n) is 1.59. The third-order valence-corrected chi connectivity index (χ3v) is 2.50. The number of pyridine rings is 1. The first-order valence-electron chi connectivity index (χ1n) is 6.30. The van der Waals surface area contributed by atoms with Crippen molar-refractivity contribution in [1.82, 2.24) is 14.5 Å². The second kappa shape index (κ2) is 5.73. The van der Waals surface area contributed by atoms with E-state index in [2.05, 4.69) is 35.9 Å². The van der Waals surface area contributed by atoms with Crippen LogP contribution >= 0.6 is 0 Å². The Kier molecular flexibility index (Phi) is 4.02. The van der Waals surface area contributed by atoms with Crippen LogP contribution in [0.1, 0.15) is 26.3 Å². The maximum Gasteiger partial charge on any atom is 0.224 e. The monoisotopic (exact) mass is 274 g/mol. The summed E-state index contributed by atoms with van der Waals surface area (Å²) in [6, 6.07) is 3.56. The maximum atomic E-state index is 9.26. The lowest BCUT2D eigenvalue weighted by Crippen LogP contribution is -2.20. The molecule has 0 saturated carbocycles. The minimum absolute atomic E-state index is 0.0142. The molecule has 0 aliphatic carbocycles. The number of imidazole rings is 1. The summed E-state index contributed by atoms with van der Waals surface area (Å²) in [6.07, 6.45) is 6.49. The van der Waals surface area contributed by atoms with Crippen LogP contribution < -0.4 is 4.74 Å². The second-order valence-corrected chi connectivity index (χ2v) is 5.60. The Balaban J connectivity index is 2.32. The molecule has 0 radical (unpaired) electrons. The molecular weight excluding hydrogens is 256 g/mol. The molecule has 0 fully saturated rings. The van der Waals surface area contributed by atoms with E-state index in [-0.39, 0.29) is 5.41 Å². The first kappa shape index (κ1) is 14.0. The van der Waals surface area contributed by atoms with Crippen LogP contribution in [-0.4, -0.2) is 32.2 Å². The highest BCUT2D eigenvalue weighted by Gasteiger charge is 2.17. The molecule has 2 aromatic rings. The van der Waals surface area contributed by atoms with Crippen LogP contribution in [0, 0.1) is 5.41 Å². The van der Waals surface area contributed by atoms with Gasteiger partial charge in [-0.05, 0) is 17.5 Å². The van der Waals surface area contributed by atoms with Crippen molar-refractivity contribution in [3.05, 3.63) is 42.6 Å². The summed E-state index contributed by atoms with van der Waals surface area (Å²) in [6.45, 7) is 6.74. The molecule has 2 heterocycles. The van der Waals surface area contributed by atoms with Crippen LogP contribution in [0.4, 0.5) is 0 Å². The zero-order valence-electron chi connectivity index (χ0n) is 11.8. The molecule has 106 valence electrons. The highest BCUT2D eigenvalue weighted by molar-refractivity contribution is 6.01. The topological polar surface area (TPSA) is 72.5 Å².